The number of carbonyl (C=O) groups excluding carboxylic acids is 2. The standard InChI is InChI=1S/C25H29N3O4S/c1-4-31-25(30)18-9-12-28(13-10-18)22(19-7-5-11-26-15-19)21-16(2)17(3)33-24(21)27-23(29)20-8-6-14-32-20/h5-8,11,14-15,18,22H,4,9-10,12-13H2,1-3H3,(H,27,29). The first-order valence-electron chi connectivity index (χ1n) is 11.2. The lowest BCUT2D eigenvalue weighted by Gasteiger charge is -2.37. The number of anilines is 1. The first kappa shape index (κ1) is 23.2. The third kappa shape index (κ3) is 5.02. The molecule has 4 heterocycles. The third-order valence-corrected chi connectivity index (χ3v) is 7.33. The number of hydrogen-bond acceptors (Lipinski definition) is 7. The van der Waals surface area contributed by atoms with Crippen molar-refractivity contribution in [2.75, 3.05) is 25.0 Å². The summed E-state index contributed by atoms with van der Waals surface area (Å²) in [5.74, 6) is -0.172. The molecule has 3 aromatic rings. The van der Waals surface area contributed by atoms with E-state index in [1.54, 1.807) is 29.7 Å². The molecule has 0 bridgehead atoms. The van der Waals surface area contributed by atoms with Gasteiger partial charge in [-0.15, -0.1) is 11.3 Å². The van der Waals surface area contributed by atoms with Crippen LogP contribution in [0.1, 0.15) is 57.9 Å². The van der Waals surface area contributed by atoms with Crippen molar-refractivity contribution in [3.63, 3.8) is 0 Å². The molecule has 0 radical (unpaired) electrons. The number of esters is 1. The van der Waals surface area contributed by atoms with E-state index in [0.717, 1.165) is 52.5 Å². The SMILES string of the molecule is CCOC(=O)C1CCN(C(c2cccnc2)c2c(NC(=O)c3ccco3)sc(C)c2C)CC1. The van der Waals surface area contributed by atoms with Gasteiger partial charge < -0.3 is 14.5 Å². The van der Waals surface area contributed by atoms with Crippen LogP contribution in [0.5, 0.6) is 0 Å². The molecule has 1 aliphatic heterocycles. The van der Waals surface area contributed by atoms with E-state index in [2.05, 4.69) is 35.1 Å². The van der Waals surface area contributed by atoms with Crippen LogP contribution < -0.4 is 5.32 Å². The molecule has 8 heteroatoms. The third-order valence-electron chi connectivity index (χ3n) is 6.19. The minimum absolute atomic E-state index is 0.0702. The highest BCUT2D eigenvalue weighted by molar-refractivity contribution is 7.16. The Labute approximate surface area is 197 Å². The molecule has 1 amide bonds. The van der Waals surface area contributed by atoms with E-state index in [1.165, 1.54) is 6.26 Å². The maximum atomic E-state index is 12.8. The van der Waals surface area contributed by atoms with Crippen molar-refractivity contribution in [2.45, 2.75) is 39.7 Å². The van der Waals surface area contributed by atoms with Crippen LogP contribution in [0.4, 0.5) is 5.00 Å². The number of aromatic nitrogens is 1. The highest BCUT2D eigenvalue weighted by Gasteiger charge is 2.34. The lowest BCUT2D eigenvalue weighted by molar-refractivity contribution is -0.149. The van der Waals surface area contributed by atoms with Crippen molar-refractivity contribution in [1.29, 1.82) is 0 Å². The number of pyridine rings is 1. The predicted octanol–water partition coefficient (Wildman–Crippen LogP) is 4.97. The van der Waals surface area contributed by atoms with Gasteiger partial charge in [0.25, 0.3) is 5.91 Å². The molecule has 3 aromatic heterocycles. The Balaban J connectivity index is 1.66. The van der Waals surface area contributed by atoms with Crippen molar-refractivity contribution < 1.29 is 18.7 Å². The number of likely N-dealkylation sites (tertiary alicyclic amines) is 1. The summed E-state index contributed by atoms with van der Waals surface area (Å²) in [5, 5.41) is 3.89. The van der Waals surface area contributed by atoms with Crippen LogP contribution in [-0.4, -0.2) is 41.5 Å². The van der Waals surface area contributed by atoms with Crippen LogP contribution in [0.25, 0.3) is 0 Å². The van der Waals surface area contributed by atoms with Gasteiger partial charge in [0.15, 0.2) is 5.76 Å². The summed E-state index contributed by atoms with van der Waals surface area (Å²) in [6.45, 7) is 7.92. The molecule has 1 aliphatic rings. The maximum absolute atomic E-state index is 12.8. The zero-order chi connectivity index (χ0) is 23.4. The minimum atomic E-state index is -0.270. The van der Waals surface area contributed by atoms with E-state index in [0.29, 0.717) is 6.61 Å². The molecule has 0 saturated carbocycles. The van der Waals surface area contributed by atoms with Gasteiger partial charge in [-0.25, -0.2) is 0 Å². The van der Waals surface area contributed by atoms with Gasteiger partial charge in [0, 0.05) is 22.8 Å². The smallest absolute Gasteiger partial charge is 0.309 e. The number of hydrogen-bond donors (Lipinski definition) is 1. The molecule has 1 fully saturated rings. The normalized spacial score (nSPS) is 15.8. The fourth-order valence-electron chi connectivity index (χ4n) is 4.39. The lowest BCUT2D eigenvalue weighted by atomic mass is 9.91. The molecule has 1 unspecified atom stereocenters. The topological polar surface area (TPSA) is 84.7 Å². The number of aryl methyl sites for hydroxylation is 1. The molecule has 0 spiro atoms. The molecule has 1 saturated heterocycles. The van der Waals surface area contributed by atoms with E-state index < -0.39 is 0 Å². The second-order valence-electron chi connectivity index (χ2n) is 8.21. The molecule has 7 nitrogen and oxygen atoms in total. The largest absolute Gasteiger partial charge is 0.466 e. The first-order chi connectivity index (χ1) is 16.0. The van der Waals surface area contributed by atoms with Gasteiger partial charge >= 0.3 is 5.97 Å². The van der Waals surface area contributed by atoms with Crippen LogP contribution in [0.3, 0.4) is 0 Å². The Morgan fingerprint density at radius 1 is 1.27 bits per heavy atom. The van der Waals surface area contributed by atoms with Crippen molar-refractivity contribution >= 4 is 28.2 Å². The Morgan fingerprint density at radius 2 is 2.06 bits per heavy atom. The number of nitrogens with zero attached hydrogens (tertiary/aromatic N) is 2. The fraction of sp³-hybridized carbons (Fsp3) is 0.400. The predicted molar refractivity (Wildman–Crippen MR) is 127 cm³/mol. The van der Waals surface area contributed by atoms with Gasteiger partial charge in [0.1, 0.15) is 5.00 Å². The summed E-state index contributed by atoms with van der Waals surface area (Å²) in [6, 6.07) is 7.27. The molecule has 4 rings (SSSR count). The van der Waals surface area contributed by atoms with Crippen molar-refractivity contribution in [2.24, 2.45) is 5.92 Å². The Hall–Kier alpha value is -2.97. The summed E-state index contributed by atoms with van der Waals surface area (Å²) in [5.41, 5.74) is 3.28. The molecular formula is C25H29N3O4S. The van der Waals surface area contributed by atoms with Gasteiger partial charge in [-0.1, -0.05) is 6.07 Å². The summed E-state index contributed by atoms with van der Waals surface area (Å²) in [6.07, 6.45) is 6.62. The number of furan rings is 1. The lowest BCUT2D eigenvalue weighted by Crippen LogP contribution is -2.40. The highest BCUT2D eigenvalue weighted by atomic mass is 32.1. The van der Waals surface area contributed by atoms with Crippen molar-refractivity contribution in [1.82, 2.24) is 9.88 Å². The van der Waals surface area contributed by atoms with Gasteiger partial charge in [0.2, 0.25) is 0 Å². The Bertz CT molecular complexity index is 1090. The van der Waals surface area contributed by atoms with E-state index in [1.807, 2.05) is 19.2 Å². The maximum Gasteiger partial charge on any atom is 0.309 e. The van der Waals surface area contributed by atoms with Crippen LogP contribution >= 0.6 is 11.3 Å². The second kappa shape index (κ2) is 10.3. The van der Waals surface area contributed by atoms with Crippen molar-refractivity contribution in [3.05, 3.63) is 70.3 Å². The monoisotopic (exact) mass is 467 g/mol. The van der Waals surface area contributed by atoms with Gasteiger partial charge in [-0.05, 0) is 76.0 Å². The van der Waals surface area contributed by atoms with Crippen LogP contribution in [0, 0.1) is 19.8 Å². The van der Waals surface area contributed by atoms with Crippen LogP contribution in [-0.2, 0) is 9.53 Å². The molecule has 0 aliphatic carbocycles. The van der Waals surface area contributed by atoms with Crippen LogP contribution in [0.15, 0.2) is 47.3 Å². The van der Waals surface area contributed by atoms with Gasteiger partial charge in [-0.2, -0.15) is 0 Å². The molecular weight excluding hydrogens is 438 g/mol. The molecule has 0 aromatic carbocycles. The van der Waals surface area contributed by atoms with E-state index in [4.69, 9.17) is 9.15 Å². The zero-order valence-corrected chi connectivity index (χ0v) is 20.0. The first-order valence-corrected chi connectivity index (χ1v) is 12.1. The van der Waals surface area contributed by atoms with Gasteiger partial charge in [0.05, 0.1) is 24.8 Å². The molecule has 33 heavy (non-hydrogen) atoms. The number of amides is 1. The number of nitrogens with one attached hydrogen (secondary N) is 1. The van der Waals surface area contributed by atoms with Gasteiger partial charge in [-0.3, -0.25) is 19.5 Å². The van der Waals surface area contributed by atoms with Crippen LogP contribution in [0.2, 0.25) is 0 Å². The number of thiophene rings is 1. The number of piperidine rings is 1. The number of carbonyl (C=O) groups is 2. The van der Waals surface area contributed by atoms with E-state index >= 15 is 0 Å². The second-order valence-corrected chi connectivity index (χ2v) is 9.43. The number of ether oxygens (including phenoxy) is 1. The van der Waals surface area contributed by atoms with E-state index in [9.17, 15) is 9.59 Å². The summed E-state index contributed by atoms with van der Waals surface area (Å²) in [7, 11) is 0. The average molecular weight is 468 g/mol. The molecule has 1 atom stereocenters. The number of rotatable bonds is 7. The Morgan fingerprint density at radius 3 is 2.70 bits per heavy atom. The highest BCUT2D eigenvalue weighted by Crippen LogP contribution is 2.43. The zero-order valence-electron chi connectivity index (χ0n) is 19.2. The summed E-state index contributed by atoms with van der Waals surface area (Å²) < 4.78 is 10.5. The fourth-order valence-corrected chi connectivity index (χ4v) is 5.48. The minimum Gasteiger partial charge on any atom is -0.466 e. The molecule has 174 valence electrons. The average Bonchev–Trinajstić information content (AvgIpc) is 3.46. The summed E-state index contributed by atoms with van der Waals surface area (Å²) in [4.78, 5) is 32.9. The van der Waals surface area contributed by atoms with E-state index in [-0.39, 0.29) is 29.6 Å². The quantitative estimate of drug-likeness (QED) is 0.494. The molecule has 1 N–H and O–H groups in total. The summed E-state index contributed by atoms with van der Waals surface area (Å²) >= 11 is 1.57. The van der Waals surface area contributed by atoms with Crippen molar-refractivity contribution in [3.8, 4) is 0 Å². The Kier molecular flexibility index (Phi) is 7.25.